The Hall–Kier alpha value is -2.66. The molecule has 0 bridgehead atoms. The number of methoxy groups -OCH3 is 1. The average Bonchev–Trinajstić information content (AvgIpc) is 2.57. The summed E-state index contributed by atoms with van der Waals surface area (Å²) in [7, 11) is 3.51. The summed E-state index contributed by atoms with van der Waals surface area (Å²) in [4.78, 5) is 19.6. The van der Waals surface area contributed by atoms with Crippen LogP contribution in [0.4, 0.5) is 11.5 Å². The minimum Gasteiger partial charge on any atom is -0.380 e. The SMILES string of the molecule is COCc1c(N(C)c2cccc(C)c2)nc2c(C)cccn2c1=O. The fourth-order valence-corrected chi connectivity index (χ4v) is 2.83. The van der Waals surface area contributed by atoms with Crippen molar-refractivity contribution in [1.82, 2.24) is 9.38 Å². The van der Waals surface area contributed by atoms with Crippen LogP contribution in [-0.2, 0) is 11.3 Å². The molecule has 3 rings (SSSR count). The second-order valence-corrected chi connectivity index (χ2v) is 5.93. The number of pyridine rings is 1. The molecule has 0 aliphatic rings. The summed E-state index contributed by atoms with van der Waals surface area (Å²) >= 11 is 0. The summed E-state index contributed by atoms with van der Waals surface area (Å²) in [5.41, 5.74) is 4.21. The molecule has 24 heavy (non-hydrogen) atoms. The Bertz CT molecular complexity index is 947. The molecule has 0 saturated heterocycles. The van der Waals surface area contributed by atoms with Gasteiger partial charge in [-0.1, -0.05) is 18.2 Å². The van der Waals surface area contributed by atoms with Gasteiger partial charge in [-0.3, -0.25) is 9.20 Å². The van der Waals surface area contributed by atoms with Crippen molar-refractivity contribution >= 4 is 17.2 Å². The first-order valence-corrected chi connectivity index (χ1v) is 7.83. The fraction of sp³-hybridized carbons (Fsp3) is 0.263. The maximum absolute atomic E-state index is 12.9. The van der Waals surface area contributed by atoms with Gasteiger partial charge in [0, 0.05) is 26.0 Å². The number of fused-ring (bicyclic) bond motifs is 1. The first-order chi connectivity index (χ1) is 11.5. The van der Waals surface area contributed by atoms with Gasteiger partial charge in [0.25, 0.3) is 5.56 Å². The maximum atomic E-state index is 12.9. The molecule has 5 nitrogen and oxygen atoms in total. The highest BCUT2D eigenvalue weighted by atomic mass is 16.5. The zero-order chi connectivity index (χ0) is 17.3. The predicted molar refractivity (Wildman–Crippen MR) is 96.2 cm³/mol. The molecule has 0 N–H and O–H groups in total. The molecule has 2 aromatic heterocycles. The maximum Gasteiger partial charge on any atom is 0.265 e. The van der Waals surface area contributed by atoms with E-state index in [4.69, 9.17) is 9.72 Å². The van der Waals surface area contributed by atoms with Gasteiger partial charge in [0.1, 0.15) is 11.5 Å². The highest BCUT2D eigenvalue weighted by Crippen LogP contribution is 2.25. The van der Waals surface area contributed by atoms with E-state index in [0.29, 0.717) is 17.0 Å². The van der Waals surface area contributed by atoms with Gasteiger partial charge in [-0.05, 0) is 43.2 Å². The molecule has 0 saturated carbocycles. The van der Waals surface area contributed by atoms with Crippen LogP contribution in [0.5, 0.6) is 0 Å². The molecule has 0 amide bonds. The van der Waals surface area contributed by atoms with E-state index in [1.807, 2.05) is 56.1 Å². The molecule has 0 atom stereocenters. The number of rotatable bonds is 4. The van der Waals surface area contributed by atoms with Gasteiger partial charge >= 0.3 is 0 Å². The first kappa shape index (κ1) is 16.2. The van der Waals surface area contributed by atoms with E-state index in [1.165, 1.54) is 0 Å². The zero-order valence-corrected chi connectivity index (χ0v) is 14.4. The number of hydrogen-bond donors (Lipinski definition) is 0. The van der Waals surface area contributed by atoms with Crippen molar-refractivity contribution in [1.29, 1.82) is 0 Å². The average molecular weight is 323 g/mol. The topological polar surface area (TPSA) is 46.8 Å². The highest BCUT2D eigenvalue weighted by Gasteiger charge is 2.18. The molecule has 0 unspecified atom stereocenters. The second kappa shape index (κ2) is 6.45. The normalized spacial score (nSPS) is 11.0. The summed E-state index contributed by atoms with van der Waals surface area (Å²) in [5.74, 6) is 0.627. The Kier molecular flexibility index (Phi) is 4.36. The summed E-state index contributed by atoms with van der Waals surface area (Å²) < 4.78 is 6.84. The molecule has 5 heteroatoms. The number of ether oxygens (including phenoxy) is 1. The Labute approximate surface area is 141 Å². The van der Waals surface area contributed by atoms with Crippen LogP contribution in [-0.4, -0.2) is 23.5 Å². The molecule has 0 spiro atoms. The third kappa shape index (κ3) is 2.78. The van der Waals surface area contributed by atoms with E-state index in [-0.39, 0.29) is 12.2 Å². The van der Waals surface area contributed by atoms with Crippen LogP contribution < -0.4 is 10.5 Å². The van der Waals surface area contributed by atoms with Crippen molar-refractivity contribution in [2.24, 2.45) is 0 Å². The summed E-state index contributed by atoms with van der Waals surface area (Å²) in [6, 6.07) is 11.9. The third-order valence-electron chi connectivity index (χ3n) is 4.12. The molecule has 2 heterocycles. The van der Waals surface area contributed by atoms with Crippen LogP contribution in [0.3, 0.4) is 0 Å². The molecule has 124 valence electrons. The standard InChI is InChI=1S/C19H21N3O2/c1-13-7-5-9-15(11-13)21(3)18-16(12-24-4)19(23)22-10-6-8-14(2)17(22)20-18/h5-11H,12H2,1-4H3. The molecular weight excluding hydrogens is 302 g/mol. The Balaban J connectivity index is 2.27. The van der Waals surface area contributed by atoms with Gasteiger partial charge in [-0.2, -0.15) is 0 Å². The number of anilines is 2. The van der Waals surface area contributed by atoms with E-state index in [0.717, 1.165) is 16.8 Å². The monoisotopic (exact) mass is 323 g/mol. The van der Waals surface area contributed by atoms with E-state index in [2.05, 4.69) is 6.07 Å². The van der Waals surface area contributed by atoms with E-state index in [9.17, 15) is 4.79 Å². The largest absolute Gasteiger partial charge is 0.380 e. The molecule has 0 fully saturated rings. The van der Waals surface area contributed by atoms with Gasteiger partial charge in [0.15, 0.2) is 0 Å². The minimum atomic E-state index is -0.0972. The highest BCUT2D eigenvalue weighted by molar-refractivity contribution is 5.65. The molecular formula is C19H21N3O2. The first-order valence-electron chi connectivity index (χ1n) is 7.83. The molecule has 1 aromatic carbocycles. The van der Waals surface area contributed by atoms with Crippen LogP contribution in [0.15, 0.2) is 47.4 Å². The third-order valence-corrected chi connectivity index (χ3v) is 4.12. The Morgan fingerprint density at radius 3 is 2.71 bits per heavy atom. The lowest BCUT2D eigenvalue weighted by Gasteiger charge is -2.22. The van der Waals surface area contributed by atoms with Crippen molar-refractivity contribution in [2.75, 3.05) is 19.1 Å². The minimum absolute atomic E-state index is 0.0972. The van der Waals surface area contributed by atoms with Gasteiger partial charge in [-0.25, -0.2) is 4.98 Å². The quantitative estimate of drug-likeness (QED) is 0.739. The molecule has 0 radical (unpaired) electrons. The van der Waals surface area contributed by atoms with Crippen LogP contribution in [0.2, 0.25) is 0 Å². The molecule has 3 aromatic rings. The number of hydrogen-bond acceptors (Lipinski definition) is 4. The van der Waals surface area contributed by atoms with Crippen molar-refractivity contribution < 1.29 is 4.74 Å². The second-order valence-electron chi connectivity index (χ2n) is 5.93. The lowest BCUT2D eigenvalue weighted by atomic mass is 10.2. The van der Waals surface area contributed by atoms with E-state index < -0.39 is 0 Å². The fourth-order valence-electron chi connectivity index (χ4n) is 2.83. The number of aryl methyl sites for hydroxylation is 2. The Morgan fingerprint density at radius 1 is 1.21 bits per heavy atom. The Morgan fingerprint density at radius 2 is 2.00 bits per heavy atom. The van der Waals surface area contributed by atoms with Gasteiger partial charge < -0.3 is 9.64 Å². The van der Waals surface area contributed by atoms with Crippen molar-refractivity contribution in [3.8, 4) is 0 Å². The summed E-state index contributed by atoms with van der Waals surface area (Å²) in [5, 5.41) is 0. The van der Waals surface area contributed by atoms with E-state index in [1.54, 1.807) is 17.7 Å². The lowest BCUT2D eigenvalue weighted by molar-refractivity contribution is 0.183. The smallest absolute Gasteiger partial charge is 0.265 e. The van der Waals surface area contributed by atoms with Crippen molar-refractivity contribution in [3.05, 3.63) is 69.6 Å². The van der Waals surface area contributed by atoms with Crippen molar-refractivity contribution in [2.45, 2.75) is 20.5 Å². The lowest BCUT2D eigenvalue weighted by Crippen LogP contribution is -2.26. The van der Waals surface area contributed by atoms with Crippen LogP contribution >= 0.6 is 0 Å². The van der Waals surface area contributed by atoms with Crippen LogP contribution in [0.1, 0.15) is 16.7 Å². The van der Waals surface area contributed by atoms with E-state index >= 15 is 0 Å². The van der Waals surface area contributed by atoms with Crippen LogP contribution in [0, 0.1) is 13.8 Å². The van der Waals surface area contributed by atoms with Crippen LogP contribution in [0.25, 0.3) is 5.65 Å². The van der Waals surface area contributed by atoms with Gasteiger partial charge in [0.2, 0.25) is 0 Å². The molecule has 0 aliphatic carbocycles. The number of benzene rings is 1. The molecule has 0 aliphatic heterocycles. The number of aromatic nitrogens is 2. The van der Waals surface area contributed by atoms with Gasteiger partial charge in [0.05, 0.1) is 12.2 Å². The summed E-state index contributed by atoms with van der Waals surface area (Å²) in [6.45, 7) is 4.21. The number of nitrogens with zero attached hydrogens (tertiary/aromatic N) is 3. The van der Waals surface area contributed by atoms with Crippen molar-refractivity contribution in [3.63, 3.8) is 0 Å². The van der Waals surface area contributed by atoms with Gasteiger partial charge in [-0.15, -0.1) is 0 Å². The summed E-state index contributed by atoms with van der Waals surface area (Å²) in [6.07, 6.45) is 1.74. The predicted octanol–water partition coefficient (Wildman–Crippen LogP) is 3.23. The zero-order valence-electron chi connectivity index (χ0n) is 14.4.